The van der Waals surface area contributed by atoms with Gasteiger partial charge in [0.1, 0.15) is 0 Å². The first-order valence-electron chi connectivity index (χ1n) is 5.53. The molecule has 0 amide bonds. The molecular formula is C13H15BrN2S. The summed E-state index contributed by atoms with van der Waals surface area (Å²) in [7, 11) is 1.99. The number of aryl methyl sites for hydroxylation is 1. The first kappa shape index (κ1) is 12.7. The van der Waals surface area contributed by atoms with Gasteiger partial charge in [-0.25, -0.2) is 4.98 Å². The second-order valence-electron chi connectivity index (χ2n) is 3.95. The van der Waals surface area contributed by atoms with E-state index in [2.05, 4.69) is 49.8 Å². The molecule has 1 aromatic carbocycles. The number of halogens is 1. The summed E-state index contributed by atoms with van der Waals surface area (Å²) >= 11 is 5.33. The molecule has 0 radical (unpaired) electrons. The molecule has 1 N–H and O–H groups in total. The molecule has 0 aliphatic rings. The van der Waals surface area contributed by atoms with Gasteiger partial charge in [-0.3, -0.25) is 0 Å². The molecule has 1 unspecified atom stereocenters. The van der Waals surface area contributed by atoms with E-state index in [0.29, 0.717) is 6.04 Å². The Labute approximate surface area is 114 Å². The zero-order valence-corrected chi connectivity index (χ0v) is 12.3. The van der Waals surface area contributed by atoms with Crippen molar-refractivity contribution in [3.05, 3.63) is 50.4 Å². The summed E-state index contributed by atoms with van der Waals surface area (Å²) in [4.78, 5) is 4.52. The third kappa shape index (κ3) is 3.15. The van der Waals surface area contributed by atoms with Gasteiger partial charge in [-0.2, -0.15) is 0 Å². The normalized spacial score (nSPS) is 12.6. The molecule has 1 aromatic heterocycles. The maximum Gasteiger partial charge on any atom is 0.0947 e. The fourth-order valence-electron chi connectivity index (χ4n) is 1.80. The van der Waals surface area contributed by atoms with Crippen LogP contribution in [0.2, 0.25) is 0 Å². The van der Waals surface area contributed by atoms with Crippen LogP contribution in [0.15, 0.2) is 34.1 Å². The van der Waals surface area contributed by atoms with Crippen LogP contribution in [-0.4, -0.2) is 12.0 Å². The van der Waals surface area contributed by atoms with Crippen molar-refractivity contribution >= 4 is 27.3 Å². The van der Waals surface area contributed by atoms with E-state index in [9.17, 15) is 0 Å². The first-order valence-corrected chi connectivity index (χ1v) is 7.20. The monoisotopic (exact) mass is 310 g/mol. The lowest BCUT2D eigenvalue weighted by Crippen LogP contribution is -2.19. The predicted octanol–water partition coefficient (Wildman–Crippen LogP) is 3.72. The van der Waals surface area contributed by atoms with E-state index < -0.39 is 0 Å². The van der Waals surface area contributed by atoms with Crippen LogP contribution in [0.4, 0.5) is 0 Å². The molecule has 90 valence electrons. The Hall–Kier alpha value is -0.710. The van der Waals surface area contributed by atoms with E-state index in [1.807, 2.05) is 20.0 Å². The van der Waals surface area contributed by atoms with Crippen LogP contribution in [-0.2, 0) is 6.42 Å². The van der Waals surface area contributed by atoms with Crippen molar-refractivity contribution in [1.29, 1.82) is 0 Å². The molecule has 1 heterocycles. The fraction of sp³-hybridized carbons (Fsp3) is 0.308. The standard InChI is InChI=1S/C13H15BrN2S/c1-9-8-17-13(16-9)7-12(15-2)10-5-3-4-6-11(10)14/h3-6,8,12,15H,7H2,1-2H3. The summed E-state index contributed by atoms with van der Waals surface area (Å²) in [6, 6.07) is 8.63. The molecule has 0 saturated heterocycles. The van der Waals surface area contributed by atoms with Crippen molar-refractivity contribution in [3.63, 3.8) is 0 Å². The predicted molar refractivity (Wildman–Crippen MR) is 76.5 cm³/mol. The minimum absolute atomic E-state index is 0.302. The second kappa shape index (κ2) is 5.76. The van der Waals surface area contributed by atoms with Gasteiger partial charge in [0.2, 0.25) is 0 Å². The highest BCUT2D eigenvalue weighted by Crippen LogP contribution is 2.26. The average molecular weight is 311 g/mol. The molecule has 2 rings (SSSR count). The van der Waals surface area contributed by atoms with Crippen LogP contribution in [0.1, 0.15) is 22.3 Å². The third-order valence-electron chi connectivity index (χ3n) is 2.67. The molecule has 4 heteroatoms. The van der Waals surface area contributed by atoms with Gasteiger partial charge in [-0.15, -0.1) is 11.3 Å². The Bertz CT molecular complexity index is 496. The summed E-state index contributed by atoms with van der Waals surface area (Å²) in [5.74, 6) is 0. The number of hydrogen-bond acceptors (Lipinski definition) is 3. The van der Waals surface area contributed by atoms with E-state index >= 15 is 0 Å². The van der Waals surface area contributed by atoms with Gasteiger partial charge < -0.3 is 5.32 Å². The van der Waals surface area contributed by atoms with Crippen LogP contribution < -0.4 is 5.32 Å². The number of benzene rings is 1. The van der Waals surface area contributed by atoms with Crippen molar-refractivity contribution in [2.75, 3.05) is 7.05 Å². The lowest BCUT2D eigenvalue weighted by Gasteiger charge is -2.16. The Balaban J connectivity index is 2.20. The van der Waals surface area contributed by atoms with Crippen LogP contribution >= 0.6 is 27.3 Å². The number of aromatic nitrogens is 1. The van der Waals surface area contributed by atoms with E-state index in [-0.39, 0.29) is 0 Å². The third-order valence-corrected chi connectivity index (χ3v) is 4.39. The Morgan fingerprint density at radius 1 is 1.41 bits per heavy atom. The number of hydrogen-bond donors (Lipinski definition) is 1. The maximum absolute atomic E-state index is 4.52. The average Bonchev–Trinajstić information content (AvgIpc) is 2.73. The van der Waals surface area contributed by atoms with E-state index in [1.165, 1.54) is 10.6 Å². The number of rotatable bonds is 4. The summed E-state index contributed by atoms with van der Waals surface area (Å²) in [6.07, 6.45) is 0.928. The molecule has 1 atom stereocenters. The van der Waals surface area contributed by atoms with Gasteiger partial charge in [0.25, 0.3) is 0 Å². The van der Waals surface area contributed by atoms with Crippen LogP contribution in [0.3, 0.4) is 0 Å². The number of nitrogens with one attached hydrogen (secondary N) is 1. The van der Waals surface area contributed by atoms with Gasteiger partial charge in [0.15, 0.2) is 0 Å². The van der Waals surface area contributed by atoms with Crippen molar-refractivity contribution in [2.45, 2.75) is 19.4 Å². The SMILES string of the molecule is CNC(Cc1nc(C)cs1)c1ccccc1Br. The molecule has 0 fully saturated rings. The van der Waals surface area contributed by atoms with Gasteiger partial charge in [-0.1, -0.05) is 34.1 Å². The van der Waals surface area contributed by atoms with Crippen LogP contribution in [0.25, 0.3) is 0 Å². The molecule has 0 spiro atoms. The van der Waals surface area contributed by atoms with Gasteiger partial charge in [-0.05, 0) is 25.6 Å². The first-order chi connectivity index (χ1) is 8.20. The highest BCUT2D eigenvalue weighted by Gasteiger charge is 2.14. The molecule has 0 bridgehead atoms. The molecule has 17 heavy (non-hydrogen) atoms. The lowest BCUT2D eigenvalue weighted by atomic mass is 10.0. The topological polar surface area (TPSA) is 24.9 Å². The van der Waals surface area contributed by atoms with Crippen LogP contribution in [0, 0.1) is 6.92 Å². The molecule has 0 aliphatic carbocycles. The summed E-state index contributed by atoms with van der Waals surface area (Å²) in [6.45, 7) is 2.03. The number of likely N-dealkylation sites (N-methyl/N-ethyl adjacent to an activating group) is 1. The minimum atomic E-state index is 0.302. The van der Waals surface area contributed by atoms with Gasteiger partial charge >= 0.3 is 0 Å². The molecule has 0 saturated carbocycles. The molecule has 2 aromatic rings. The quantitative estimate of drug-likeness (QED) is 0.931. The van der Waals surface area contributed by atoms with Crippen LogP contribution in [0.5, 0.6) is 0 Å². The molecular weight excluding hydrogens is 296 g/mol. The molecule has 2 nitrogen and oxygen atoms in total. The zero-order chi connectivity index (χ0) is 12.3. The Morgan fingerprint density at radius 3 is 2.76 bits per heavy atom. The maximum atomic E-state index is 4.52. The summed E-state index contributed by atoms with van der Waals surface area (Å²) in [5, 5.41) is 6.63. The van der Waals surface area contributed by atoms with E-state index in [4.69, 9.17) is 0 Å². The second-order valence-corrected chi connectivity index (χ2v) is 5.75. The van der Waals surface area contributed by atoms with Crippen molar-refractivity contribution in [2.24, 2.45) is 0 Å². The lowest BCUT2D eigenvalue weighted by molar-refractivity contribution is 0.587. The van der Waals surface area contributed by atoms with E-state index in [1.54, 1.807) is 11.3 Å². The highest BCUT2D eigenvalue weighted by molar-refractivity contribution is 9.10. The smallest absolute Gasteiger partial charge is 0.0947 e. The Kier molecular flexibility index (Phi) is 4.31. The Morgan fingerprint density at radius 2 is 2.18 bits per heavy atom. The molecule has 0 aliphatic heterocycles. The fourth-order valence-corrected chi connectivity index (χ4v) is 3.18. The van der Waals surface area contributed by atoms with Crippen molar-refractivity contribution in [3.8, 4) is 0 Å². The largest absolute Gasteiger partial charge is 0.313 e. The number of nitrogens with zero attached hydrogens (tertiary/aromatic N) is 1. The van der Waals surface area contributed by atoms with Crippen molar-refractivity contribution in [1.82, 2.24) is 10.3 Å². The van der Waals surface area contributed by atoms with E-state index in [0.717, 1.165) is 16.6 Å². The summed E-state index contributed by atoms with van der Waals surface area (Å²) < 4.78 is 1.15. The highest BCUT2D eigenvalue weighted by atomic mass is 79.9. The van der Waals surface area contributed by atoms with Gasteiger partial charge in [0, 0.05) is 28.0 Å². The summed E-state index contributed by atoms with van der Waals surface area (Å²) in [5.41, 5.74) is 2.38. The minimum Gasteiger partial charge on any atom is -0.313 e. The van der Waals surface area contributed by atoms with Crippen molar-refractivity contribution < 1.29 is 0 Å². The van der Waals surface area contributed by atoms with Gasteiger partial charge in [0.05, 0.1) is 5.01 Å². The number of thiazole rings is 1. The zero-order valence-electron chi connectivity index (χ0n) is 9.90.